The van der Waals surface area contributed by atoms with E-state index in [1.165, 1.54) is 47.1 Å². The summed E-state index contributed by atoms with van der Waals surface area (Å²) in [5.41, 5.74) is 3.01. The van der Waals surface area contributed by atoms with Crippen LogP contribution in [-0.2, 0) is 23.0 Å². The fourth-order valence-electron chi connectivity index (χ4n) is 4.78. The first kappa shape index (κ1) is 18.1. The number of nitrogens with one attached hydrogen (secondary N) is 1. The Labute approximate surface area is 170 Å². The molecule has 0 saturated carbocycles. The highest BCUT2D eigenvalue weighted by Gasteiger charge is 2.34. The van der Waals surface area contributed by atoms with Crippen molar-refractivity contribution < 1.29 is 4.74 Å². The van der Waals surface area contributed by atoms with Crippen molar-refractivity contribution >= 4 is 27.4 Å². The largest absolute Gasteiger partial charge is 0.381 e. The van der Waals surface area contributed by atoms with E-state index in [0.717, 1.165) is 49.7 Å². The van der Waals surface area contributed by atoms with Gasteiger partial charge in [-0.1, -0.05) is 36.8 Å². The molecule has 2 aromatic heterocycles. The molecule has 2 aliphatic rings. The number of aromatic nitrogens is 2. The third-order valence-corrected chi connectivity index (χ3v) is 7.63. The van der Waals surface area contributed by atoms with Gasteiger partial charge in [-0.3, -0.25) is 0 Å². The van der Waals surface area contributed by atoms with E-state index in [9.17, 15) is 0 Å². The standard InChI is InChI=1S/C23H27N3OS/c1-3-7-17(8-4-1)23(11-13-27-14-12-23)15-24-21-20-18-9-5-2-6-10-19(18)28-22(20)26-16-25-21/h1,3-4,7-8,16H,2,5-6,9-15H2,(H,24,25,26). The SMILES string of the molecule is c1ccc(C2(CNc3ncnc4sc5c(c34)CCCCC5)CCOCC2)cc1. The molecule has 3 aromatic rings. The van der Waals surface area contributed by atoms with Gasteiger partial charge in [0.15, 0.2) is 0 Å². The molecular formula is C23H27N3OS. The normalized spacial score (nSPS) is 19.1. The van der Waals surface area contributed by atoms with Crippen LogP contribution >= 0.6 is 11.3 Å². The van der Waals surface area contributed by atoms with Gasteiger partial charge in [0.2, 0.25) is 0 Å². The minimum Gasteiger partial charge on any atom is -0.381 e. The molecule has 5 heteroatoms. The zero-order valence-electron chi connectivity index (χ0n) is 16.2. The maximum absolute atomic E-state index is 5.69. The number of benzene rings is 1. The highest BCUT2D eigenvalue weighted by molar-refractivity contribution is 7.18. The summed E-state index contributed by atoms with van der Waals surface area (Å²) >= 11 is 1.87. The zero-order chi connectivity index (χ0) is 18.8. The molecule has 1 fully saturated rings. The molecule has 1 aliphatic carbocycles. The average molecular weight is 394 g/mol. The van der Waals surface area contributed by atoms with Gasteiger partial charge < -0.3 is 10.1 Å². The summed E-state index contributed by atoms with van der Waals surface area (Å²) < 4.78 is 5.69. The first-order valence-corrected chi connectivity index (χ1v) is 11.3. The average Bonchev–Trinajstić information content (AvgIpc) is 2.95. The molecule has 3 heterocycles. The van der Waals surface area contributed by atoms with Crippen LogP contribution in [0.25, 0.3) is 10.2 Å². The van der Waals surface area contributed by atoms with Crippen molar-refractivity contribution in [2.45, 2.75) is 50.4 Å². The van der Waals surface area contributed by atoms with E-state index in [-0.39, 0.29) is 5.41 Å². The van der Waals surface area contributed by atoms with Crippen molar-refractivity contribution in [1.82, 2.24) is 9.97 Å². The topological polar surface area (TPSA) is 47.0 Å². The molecule has 0 atom stereocenters. The van der Waals surface area contributed by atoms with E-state index in [2.05, 4.69) is 45.6 Å². The Morgan fingerprint density at radius 1 is 1.00 bits per heavy atom. The molecule has 0 bridgehead atoms. The van der Waals surface area contributed by atoms with Gasteiger partial charge in [-0.25, -0.2) is 9.97 Å². The number of thiophene rings is 1. The van der Waals surface area contributed by atoms with Crippen molar-refractivity contribution in [2.75, 3.05) is 25.1 Å². The lowest BCUT2D eigenvalue weighted by atomic mass is 9.74. The van der Waals surface area contributed by atoms with Crippen molar-refractivity contribution in [3.63, 3.8) is 0 Å². The quantitative estimate of drug-likeness (QED) is 0.625. The maximum Gasteiger partial charge on any atom is 0.138 e. The number of rotatable bonds is 4. The van der Waals surface area contributed by atoms with Gasteiger partial charge in [0, 0.05) is 30.1 Å². The summed E-state index contributed by atoms with van der Waals surface area (Å²) in [5.74, 6) is 1.02. The molecule has 1 N–H and O–H groups in total. The Kier molecular flexibility index (Phi) is 5.03. The monoisotopic (exact) mass is 393 g/mol. The first-order valence-electron chi connectivity index (χ1n) is 10.5. The van der Waals surface area contributed by atoms with Gasteiger partial charge in [0.05, 0.1) is 5.39 Å². The van der Waals surface area contributed by atoms with Crippen LogP contribution in [0.2, 0.25) is 0 Å². The predicted octanol–water partition coefficient (Wildman–Crippen LogP) is 5.12. The Bertz CT molecular complexity index is 947. The number of aryl methyl sites for hydroxylation is 2. The Morgan fingerprint density at radius 3 is 2.68 bits per heavy atom. The molecular weight excluding hydrogens is 366 g/mol. The second-order valence-corrected chi connectivity index (χ2v) is 9.16. The van der Waals surface area contributed by atoms with Crippen LogP contribution in [-0.4, -0.2) is 29.7 Å². The molecule has 1 saturated heterocycles. The van der Waals surface area contributed by atoms with E-state index in [1.54, 1.807) is 6.33 Å². The van der Waals surface area contributed by atoms with Gasteiger partial charge in [0.1, 0.15) is 17.0 Å². The number of hydrogen-bond acceptors (Lipinski definition) is 5. The smallest absolute Gasteiger partial charge is 0.138 e. The molecule has 0 radical (unpaired) electrons. The fraction of sp³-hybridized carbons (Fsp3) is 0.478. The van der Waals surface area contributed by atoms with E-state index < -0.39 is 0 Å². The van der Waals surface area contributed by atoms with Gasteiger partial charge in [-0.15, -0.1) is 11.3 Å². The molecule has 5 rings (SSSR count). The fourth-order valence-corrected chi connectivity index (χ4v) is 6.00. The number of anilines is 1. The number of hydrogen-bond donors (Lipinski definition) is 1. The third kappa shape index (κ3) is 3.31. The van der Waals surface area contributed by atoms with Crippen molar-refractivity contribution in [3.8, 4) is 0 Å². The summed E-state index contributed by atoms with van der Waals surface area (Å²) in [7, 11) is 0. The summed E-state index contributed by atoms with van der Waals surface area (Å²) in [4.78, 5) is 11.9. The summed E-state index contributed by atoms with van der Waals surface area (Å²) in [5, 5.41) is 5.03. The van der Waals surface area contributed by atoms with Gasteiger partial charge in [-0.2, -0.15) is 0 Å². The molecule has 0 spiro atoms. The molecule has 1 aliphatic heterocycles. The lowest BCUT2D eigenvalue weighted by molar-refractivity contribution is 0.0544. The minimum absolute atomic E-state index is 0.101. The molecule has 146 valence electrons. The lowest BCUT2D eigenvalue weighted by Crippen LogP contribution is -2.40. The van der Waals surface area contributed by atoms with Crippen LogP contribution in [0.4, 0.5) is 5.82 Å². The van der Waals surface area contributed by atoms with E-state index >= 15 is 0 Å². The van der Waals surface area contributed by atoms with Crippen LogP contribution in [0.1, 0.15) is 48.1 Å². The first-order chi connectivity index (χ1) is 13.9. The molecule has 1 aromatic carbocycles. The molecule has 28 heavy (non-hydrogen) atoms. The van der Waals surface area contributed by atoms with Gasteiger partial charge in [0.25, 0.3) is 0 Å². The lowest BCUT2D eigenvalue weighted by Gasteiger charge is -2.38. The second-order valence-electron chi connectivity index (χ2n) is 8.08. The van der Waals surface area contributed by atoms with Crippen LogP contribution in [0.5, 0.6) is 0 Å². The van der Waals surface area contributed by atoms with Crippen LogP contribution < -0.4 is 5.32 Å². The summed E-state index contributed by atoms with van der Waals surface area (Å²) in [6, 6.07) is 10.9. The summed E-state index contributed by atoms with van der Waals surface area (Å²) in [6.07, 6.45) is 10.1. The van der Waals surface area contributed by atoms with Crippen molar-refractivity contribution in [1.29, 1.82) is 0 Å². The molecule has 4 nitrogen and oxygen atoms in total. The minimum atomic E-state index is 0.101. The van der Waals surface area contributed by atoms with E-state index in [0.29, 0.717) is 0 Å². The molecule has 0 unspecified atom stereocenters. The summed E-state index contributed by atoms with van der Waals surface area (Å²) in [6.45, 7) is 2.53. The zero-order valence-corrected chi connectivity index (χ0v) is 17.1. The van der Waals surface area contributed by atoms with Gasteiger partial charge in [-0.05, 0) is 49.7 Å². The van der Waals surface area contributed by atoms with Crippen molar-refractivity contribution in [3.05, 3.63) is 52.7 Å². The number of fused-ring (bicyclic) bond motifs is 3. The maximum atomic E-state index is 5.69. The highest BCUT2D eigenvalue weighted by Crippen LogP contribution is 2.39. The Morgan fingerprint density at radius 2 is 1.82 bits per heavy atom. The second kappa shape index (κ2) is 7.80. The van der Waals surface area contributed by atoms with Gasteiger partial charge >= 0.3 is 0 Å². The van der Waals surface area contributed by atoms with E-state index in [4.69, 9.17) is 4.74 Å². The Hall–Kier alpha value is -1.98. The number of nitrogens with zero attached hydrogens (tertiary/aromatic N) is 2. The molecule has 0 amide bonds. The number of ether oxygens (including phenoxy) is 1. The van der Waals surface area contributed by atoms with Crippen LogP contribution in [0.15, 0.2) is 36.7 Å². The van der Waals surface area contributed by atoms with Crippen molar-refractivity contribution in [2.24, 2.45) is 0 Å². The third-order valence-electron chi connectivity index (χ3n) is 6.43. The predicted molar refractivity (Wildman–Crippen MR) is 115 cm³/mol. The Balaban J connectivity index is 1.48. The van der Waals surface area contributed by atoms with Crippen LogP contribution in [0, 0.1) is 0 Å². The highest BCUT2D eigenvalue weighted by atomic mass is 32.1. The van der Waals surface area contributed by atoms with E-state index in [1.807, 2.05) is 11.3 Å². The van der Waals surface area contributed by atoms with Crippen LogP contribution in [0.3, 0.4) is 0 Å².